The van der Waals surface area contributed by atoms with Crippen LogP contribution in [0.5, 0.6) is 5.75 Å². The van der Waals surface area contributed by atoms with Crippen LogP contribution in [-0.2, 0) is 9.47 Å². The number of methoxy groups -OCH3 is 1. The van der Waals surface area contributed by atoms with Gasteiger partial charge in [0.2, 0.25) is 5.95 Å². The zero-order chi connectivity index (χ0) is 21.2. The minimum atomic E-state index is 0.522. The van der Waals surface area contributed by atoms with Crippen molar-refractivity contribution in [3.05, 3.63) is 48.5 Å². The Kier molecular flexibility index (Phi) is 8.20. The van der Waals surface area contributed by atoms with Crippen LogP contribution < -0.4 is 20.7 Å². The highest BCUT2D eigenvalue weighted by molar-refractivity contribution is 5.92. The van der Waals surface area contributed by atoms with Gasteiger partial charge in [0.05, 0.1) is 39.1 Å². The van der Waals surface area contributed by atoms with Gasteiger partial charge in [-0.1, -0.05) is 12.1 Å². The van der Waals surface area contributed by atoms with Crippen molar-refractivity contribution in [2.24, 2.45) is 5.73 Å². The highest BCUT2D eigenvalue weighted by Gasteiger charge is 2.13. The first-order valence-corrected chi connectivity index (χ1v) is 9.97. The minimum Gasteiger partial charge on any atom is -0.497 e. The molecule has 0 radical (unpaired) electrons. The average Bonchev–Trinajstić information content (AvgIpc) is 2.80. The van der Waals surface area contributed by atoms with Crippen LogP contribution in [0.4, 0.5) is 17.5 Å². The molecule has 0 aliphatic carbocycles. The van der Waals surface area contributed by atoms with Crippen molar-refractivity contribution in [3.8, 4) is 5.75 Å². The van der Waals surface area contributed by atoms with Gasteiger partial charge in [0.25, 0.3) is 0 Å². The SMILES string of the molecule is COc1ccc(N(C)c2nc(NCCOCCOCCN)nc3ccccc23)cc1. The molecule has 1 heterocycles. The molecule has 8 nitrogen and oxygen atoms in total. The summed E-state index contributed by atoms with van der Waals surface area (Å²) in [7, 11) is 3.65. The number of hydrogen-bond acceptors (Lipinski definition) is 8. The normalized spacial score (nSPS) is 10.9. The number of para-hydroxylation sites is 1. The third-order valence-corrected chi connectivity index (χ3v) is 4.52. The van der Waals surface area contributed by atoms with E-state index in [-0.39, 0.29) is 0 Å². The van der Waals surface area contributed by atoms with Crippen molar-refractivity contribution < 1.29 is 14.2 Å². The molecular weight excluding hydrogens is 382 g/mol. The fourth-order valence-electron chi connectivity index (χ4n) is 2.96. The lowest BCUT2D eigenvalue weighted by Crippen LogP contribution is -2.17. The maximum Gasteiger partial charge on any atom is 0.225 e. The summed E-state index contributed by atoms with van der Waals surface area (Å²) < 4.78 is 16.1. The third kappa shape index (κ3) is 5.79. The molecule has 0 fully saturated rings. The van der Waals surface area contributed by atoms with E-state index < -0.39 is 0 Å². The maximum absolute atomic E-state index is 5.55. The Labute approximate surface area is 177 Å². The van der Waals surface area contributed by atoms with E-state index in [9.17, 15) is 0 Å². The number of nitrogens with two attached hydrogens (primary N) is 1. The molecule has 0 spiro atoms. The van der Waals surface area contributed by atoms with Gasteiger partial charge in [0.15, 0.2) is 0 Å². The lowest BCUT2D eigenvalue weighted by Gasteiger charge is -2.21. The van der Waals surface area contributed by atoms with Crippen LogP contribution in [0.1, 0.15) is 0 Å². The highest BCUT2D eigenvalue weighted by Crippen LogP contribution is 2.30. The number of aromatic nitrogens is 2. The van der Waals surface area contributed by atoms with E-state index in [0.29, 0.717) is 45.5 Å². The van der Waals surface area contributed by atoms with Gasteiger partial charge in [-0.15, -0.1) is 0 Å². The Balaban J connectivity index is 1.69. The molecule has 160 valence electrons. The monoisotopic (exact) mass is 411 g/mol. The molecule has 0 amide bonds. The molecule has 0 aliphatic rings. The average molecular weight is 412 g/mol. The van der Waals surface area contributed by atoms with E-state index in [1.165, 1.54) is 0 Å². The molecular formula is C22H29N5O3. The quantitative estimate of drug-likeness (QED) is 0.440. The van der Waals surface area contributed by atoms with Gasteiger partial charge in [-0.05, 0) is 36.4 Å². The summed E-state index contributed by atoms with van der Waals surface area (Å²) >= 11 is 0. The van der Waals surface area contributed by atoms with Crippen molar-refractivity contribution in [1.82, 2.24) is 9.97 Å². The standard InChI is InChI=1S/C22H29N5O3/c1-27(17-7-9-18(28-2)10-8-17)21-19-5-3-4-6-20(19)25-22(26-21)24-12-14-30-16-15-29-13-11-23/h3-10H,11-16,23H2,1-2H3,(H,24,25,26). The summed E-state index contributed by atoms with van der Waals surface area (Å²) in [5.41, 5.74) is 7.26. The molecule has 3 rings (SSSR count). The predicted octanol–water partition coefficient (Wildman–Crippen LogP) is 2.81. The lowest BCUT2D eigenvalue weighted by molar-refractivity contribution is 0.0547. The first-order chi connectivity index (χ1) is 14.7. The van der Waals surface area contributed by atoms with Crippen molar-refractivity contribution in [3.63, 3.8) is 0 Å². The van der Waals surface area contributed by atoms with E-state index in [0.717, 1.165) is 28.2 Å². The Morgan fingerprint density at radius 2 is 1.67 bits per heavy atom. The molecule has 30 heavy (non-hydrogen) atoms. The second kappa shape index (κ2) is 11.3. The topological polar surface area (TPSA) is 94.8 Å². The van der Waals surface area contributed by atoms with Crippen molar-refractivity contribution in [2.75, 3.05) is 63.9 Å². The lowest BCUT2D eigenvalue weighted by atomic mass is 10.2. The van der Waals surface area contributed by atoms with Crippen LogP contribution in [0.25, 0.3) is 10.9 Å². The van der Waals surface area contributed by atoms with Crippen molar-refractivity contribution >= 4 is 28.4 Å². The molecule has 8 heteroatoms. The van der Waals surface area contributed by atoms with Gasteiger partial charge in [-0.2, -0.15) is 4.98 Å². The van der Waals surface area contributed by atoms with Crippen molar-refractivity contribution in [2.45, 2.75) is 0 Å². The summed E-state index contributed by atoms with van der Waals surface area (Å²) in [6.45, 7) is 3.28. The Hall–Kier alpha value is -2.94. The summed E-state index contributed by atoms with van der Waals surface area (Å²) in [6.07, 6.45) is 0. The summed E-state index contributed by atoms with van der Waals surface area (Å²) in [4.78, 5) is 11.4. The molecule has 0 saturated carbocycles. The minimum absolute atomic E-state index is 0.522. The zero-order valence-corrected chi connectivity index (χ0v) is 17.5. The number of benzene rings is 2. The van der Waals surface area contributed by atoms with Gasteiger partial charge in [-0.25, -0.2) is 4.98 Å². The number of rotatable bonds is 12. The Bertz CT molecular complexity index is 920. The van der Waals surface area contributed by atoms with Gasteiger partial charge < -0.3 is 30.2 Å². The molecule has 0 unspecified atom stereocenters. The molecule has 0 atom stereocenters. The Morgan fingerprint density at radius 1 is 0.933 bits per heavy atom. The smallest absolute Gasteiger partial charge is 0.225 e. The Morgan fingerprint density at radius 3 is 2.40 bits per heavy atom. The van der Waals surface area contributed by atoms with Crippen LogP contribution in [0, 0.1) is 0 Å². The van der Waals surface area contributed by atoms with Crippen molar-refractivity contribution in [1.29, 1.82) is 0 Å². The van der Waals surface area contributed by atoms with E-state index in [2.05, 4.69) is 10.3 Å². The number of hydrogen-bond donors (Lipinski definition) is 2. The second-order valence-electron chi connectivity index (χ2n) is 6.59. The van der Waals surface area contributed by atoms with E-state index in [4.69, 9.17) is 24.9 Å². The fourth-order valence-corrected chi connectivity index (χ4v) is 2.96. The largest absolute Gasteiger partial charge is 0.497 e. The molecule has 2 aromatic carbocycles. The molecule has 3 N–H and O–H groups in total. The van der Waals surface area contributed by atoms with Gasteiger partial charge in [0, 0.05) is 31.2 Å². The molecule has 0 bridgehead atoms. The van der Waals surface area contributed by atoms with Crippen LogP contribution in [-0.4, -0.2) is 63.6 Å². The van der Waals surface area contributed by atoms with E-state index in [1.54, 1.807) is 7.11 Å². The van der Waals surface area contributed by atoms with Crippen LogP contribution in [0.15, 0.2) is 48.5 Å². The third-order valence-electron chi connectivity index (χ3n) is 4.52. The van der Waals surface area contributed by atoms with Crippen LogP contribution in [0.3, 0.4) is 0 Å². The first kappa shape index (κ1) is 21.8. The van der Waals surface area contributed by atoms with Gasteiger partial charge >= 0.3 is 0 Å². The predicted molar refractivity (Wildman–Crippen MR) is 120 cm³/mol. The van der Waals surface area contributed by atoms with Crippen LogP contribution in [0.2, 0.25) is 0 Å². The molecule has 1 aromatic heterocycles. The maximum atomic E-state index is 5.55. The van der Waals surface area contributed by atoms with Gasteiger partial charge in [-0.3, -0.25) is 0 Å². The second-order valence-corrected chi connectivity index (χ2v) is 6.59. The number of ether oxygens (including phenoxy) is 3. The van der Waals surface area contributed by atoms with Crippen LogP contribution >= 0.6 is 0 Å². The number of nitrogens with zero attached hydrogens (tertiary/aromatic N) is 3. The zero-order valence-electron chi connectivity index (χ0n) is 17.5. The summed E-state index contributed by atoms with van der Waals surface area (Å²) in [5, 5.41) is 4.23. The highest BCUT2D eigenvalue weighted by atomic mass is 16.5. The first-order valence-electron chi connectivity index (χ1n) is 9.97. The molecule has 3 aromatic rings. The number of fused-ring (bicyclic) bond motifs is 1. The van der Waals surface area contributed by atoms with E-state index in [1.807, 2.05) is 60.5 Å². The molecule has 0 aliphatic heterocycles. The summed E-state index contributed by atoms with van der Waals surface area (Å²) in [5.74, 6) is 2.20. The fraction of sp³-hybridized carbons (Fsp3) is 0.364. The number of anilines is 3. The summed E-state index contributed by atoms with van der Waals surface area (Å²) in [6, 6.07) is 15.8. The molecule has 0 saturated heterocycles. The van der Waals surface area contributed by atoms with Gasteiger partial charge in [0.1, 0.15) is 11.6 Å². The number of nitrogens with one attached hydrogen (secondary N) is 1. The van der Waals surface area contributed by atoms with E-state index >= 15 is 0 Å².